The maximum atomic E-state index is 13.2. The van der Waals surface area contributed by atoms with E-state index in [1.165, 1.54) is 15.1 Å². The molecular formula is C17H15F3N6O2S2. The topological polar surface area (TPSA) is 93.4 Å². The number of rotatable bonds is 2. The number of fused-ring (bicyclic) bond motifs is 5. The standard InChI is InChI=1S/C17H15F3N6O2S2/c1-8-6-10(17(18,19)20)22-16-11(8)12-13(29-16)15-23-14(24-25(15)7-21-12)9-4-3-5-26(9)30(2,27)28/h6-7,9H,3-5H2,1-2H3. The highest BCUT2D eigenvalue weighted by Crippen LogP contribution is 2.39. The molecule has 0 radical (unpaired) electrons. The van der Waals surface area contributed by atoms with Crippen LogP contribution in [0.15, 0.2) is 12.4 Å². The Morgan fingerprint density at radius 1 is 1.27 bits per heavy atom. The predicted octanol–water partition coefficient (Wildman–Crippen LogP) is 3.31. The van der Waals surface area contributed by atoms with Crippen LogP contribution in [0.1, 0.15) is 36.0 Å². The summed E-state index contributed by atoms with van der Waals surface area (Å²) in [5, 5.41) is 4.95. The zero-order valence-electron chi connectivity index (χ0n) is 15.8. The molecule has 4 aromatic rings. The second-order valence-corrected chi connectivity index (χ2v) is 10.2. The molecule has 0 aromatic carbocycles. The van der Waals surface area contributed by atoms with Crippen molar-refractivity contribution in [1.82, 2.24) is 28.9 Å². The van der Waals surface area contributed by atoms with Crippen LogP contribution in [0.3, 0.4) is 0 Å². The van der Waals surface area contributed by atoms with Crippen LogP contribution in [0.5, 0.6) is 0 Å². The third-order valence-corrected chi connectivity index (χ3v) is 7.56. The van der Waals surface area contributed by atoms with Gasteiger partial charge in [0.15, 0.2) is 11.5 Å². The molecule has 1 atom stereocenters. The number of nitrogens with zero attached hydrogens (tertiary/aromatic N) is 6. The van der Waals surface area contributed by atoms with E-state index in [2.05, 4.69) is 20.1 Å². The fraction of sp³-hybridized carbons (Fsp3) is 0.412. The van der Waals surface area contributed by atoms with Gasteiger partial charge in [-0.15, -0.1) is 16.4 Å². The van der Waals surface area contributed by atoms with E-state index in [9.17, 15) is 21.6 Å². The molecule has 5 heterocycles. The highest BCUT2D eigenvalue weighted by molar-refractivity contribution is 7.88. The third kappa shape index (κ3) is 2.94. The van der Waals surface area contributed by atoms with E-state index < -0.39 is 27.9 Å². The highest BCUT2D eigenvalue weighted by Gasteiger charge is 2.36. The first-order valence-electron chi connectivity index (χ1n) is 9.03. The molecule has 0 spiro atoms. The summed E-state index contributed by atoms with van der Waals surface area (Å²) in [4.78, 5) is 12.9. The minimum atomic E-state index is -4.54. The lowest BCUT2D eigenvalue weighted by atomic mass is 10.1. The van der Waals surface area contributed by atoms with E-state index in [1.54, 1.807) is 6.92 Å². The molecule has 0 amide bonds. The van der Waals surface area contributed by atoms with Crippen molar-refractivity contribution in [2.24, 2.45) is 0 Å². The molecule has 0 bridgehead atoms. The Balaban J connectivity index is 1.72. The molecular weight excluding hydrogens is 441 g/mol. The van der Waals surface area contributed by atoms with Crippen molar-refractivity contribution in [3.05, 3.63) is 29.5 Å². The fourth-order valence-corrected chi connectivity index (χ4v) is 6.21. The molecule has 8 nitrogen and oxygen atoms in total. The number of hydrogen-bond acceptors (Lipinski definition) is 7. The number of hydrogen-bond donors (Lipinski definition) is 0. The van der Waals surface area contributed by atoms with Crippen LogP contribution in [0.25, 0.3) is 26.1 Å². The van der Waals surface area contributed by atoms with Crippen molar-refractivity contribution in [3.63, 3.8) is 0 Å². The highest BCUT2D eigenvalue weighted by atomic mass is 32.2. The quantitative estimate of drug-likeness (QED) is 0.460. The van der Waals surface area contributed by atoms with Gasteiger partial charge < -0.3 is 0 Å². The van der Waals surface area contributed by atoms with Gasteiger partial charge in [0.05, 0.1) is 17.8 Å². The van der Waals surface area contributed by atoms with Crippen molar-refractivity contribution in [3.8, 4) is 0 Å². The molecule has 0 saturated carbocycles. The molecule has 0 aliphatic carbocycles. The van der Waals surface area contributed by atoms with Crippen molar-refractivity contribution in [2.75, 3.05) is 12.8 Å². The van der Waals surface area contributed by atoms with E-state index in [1.807, 2.05) is 0 Å². The van der Waals surface area contributed by atoms with E-state index in [4.69, 9.17) is 0 Å². The lowest BCUT2D eigenvalue weighted by molar-refractivity contribution is -0.141. The molecule has 1 unspecified atom stereocenters. The second kappa shape index (κ2) is 6.31. The number of aromatic nitrogens is 5. The number of halogens is 3. The molecule has 1 saturated heterocycles. The monoisotopic (exact) mass is 456 g/mol. The molecule has 158 valence electrons. The maximum absolute atomic E-state index is 13.2. The predicted molar refractivity (Wildman–Crippen MR) is 105 cm³/mol. The Hall–Kier alpha value is -2.38. The van der Waals surface area contributed by atoms with Crippen molar-refractivity contribution in [1.29, 1.82) is 0 Å². The Morgan fingerprint density at radius 2 is 2.03 bits per heavy atom. The van der Waals surface area contributed by atoms with Gasteiger partial charge in [0, 0.05) is 11.9 Å². The van der Waals surface area contributed by atoms with Crippen molar-refractivity contribution in [2.45, 2.75) is 32.0 Å². The Kier molecular flexibility index (Phi) is 4.12. The van der Waals surface area contributed by atoms with Gasteiger partial charge in [0.2, 0.25) is 10.0 Å². The van der Waals surface area contributed by atoms with Gasteiger partial charge in [-0.2, -0.15) is 17.5 Å². The van der Waals surface area contributed by atoms with Gasteiger partial charge in [0.25, 0.3) is 0 Å². The zero-order valence-corrected chi connectivity index (χ0v) is 17.4. The number of aryl methyl sites for hydroxylation is 1. The summed E-state index contributed by atoms with van der Waals surface area (Å²) in [7, 11) is -3.41. The van der Waals surface area contributed by atoms with Gasteiger partial charge in [-0.1, -0.05) is 0 Å². The first-order chi connectivity index (χ1) is 14.0. The Labute approximate surface area is 172 Å². The summed E-state index contributed by atoms with van der Waals surface area (Å²) < 4.78 is 67.0. The SMILES string of the molecule is Cc1cc(C(F)(F)F)nc2sc3c(ncn4nc(C5CCCN5S(C)(=O)=O)nc34)c12. The van der Waals surface area contributed by atoms with Crippen LogP contribution < -0.4 is 0 Å². The number of thiophene rings is 1. The van der Waals surface area contributed by atoms with E-state index >= 15 is 0 Å². The van der Waals surface area contributed by atoms with Crippen LogP contribution in [0.4, 0.5) is 13.2 Å². The van der Waals surface area contributed by atoms with Crippen LogP contribution in [0.2, 0.25) is 0 Å². The summed E-state index contributed by atoms with van der Waals surface area (Å²) in [6.07, 6.45) is -0.649. The molecule has 4 aromatic heterocycles. The average Bonchev–Trinajstić information content (AvgIpc) is 3.34. The minimum absolute atomic E-state index is 0.223. The summed E-state index contributed by atoms with van der Waals surface area (Å²) in [5.74, 6) is 0.352. The summed E-state index contributed by atoms with van der Waals surface area (Å²) in [6, 6.07) is 0.541. The second-order valence-electron chi connectivity index (χ2n) is 7.30. The minimum Gasteiger partial charge on any atom is -0.234 e. The van der Waals surface area contributed by atoms with Crippen LogP contribution in [0, 0.1) is 6.92 Å². The molecule has 1 aliphatic rings. The number of sulfonamides is 1. The van der Waals surface area contributed by atoms with Crippen LogP contribution in [-0.2, 0) is 16.2 Å². The van der Waals surface area contributed by atoms with Gasteiger partial charge in [-0.05, 0) is 31.4 Å². The maximum Gasteiger partial charge on any atom is 0.433 e. The Morgan fingerprint density at radius 3 is 2.73 bits per heavy atom. The normalized spacial score (nSPS) is 18.9. The lowest BCUT2D eigenvalue weighted by Gasteiger charge is -2.19. The van der Waals surface area contributed by atoms with Gasteiger partial charge >= 0.3 is 6.18 Å². The van der Waals surface area contributed by atoms with E-state index in [-0.39, 0.29) is 4.83 Å². The third-order valence-electron chi connectivity index (χ3n) is 5.20. The molecule has 5 rings (SSSR count). The van der Waals surface area contributed by atoms with Gasteiger partial charge in [-0.25, -0.2) is 27.9 Å². The van der Waals surface area contributed by atoms with Crippen molar-refractivity contribution < 1.29 is 21.6 Å². The molecule has 30 heavy (non-hydrogen) atoms. The molecule has 13 heteroatoms. The van der Waals surface area contributed by atoms with Gasteiger partial charge in [-0.3, -0.25) is 0 Å². The van der Waals surface area contributed by atoms with Gasteiger partial charge in [0.1, 0.15) is 21.6 Å². The zero-order chi connectivity index (χ0) is 21.4. The largest absolute Gasteiger partial charge is 0.433 e. The lowest BCUT2D eigenvalue weighted by Crippen LogP contribution is -2.30. The Bertz CT molecular complexity index is 1430. The van der Waals surface area contributed by atoms with E-state index in [0.29, 0.717) is 52.0 Å². The van der Waals surface area contributed by atoms with Crippen molar-refractivity contribution >= 4 is 47.4 Å². The fourth-order valence-electron chi connectivity index (χ4n) is 3.91. The average molecular weight is 456 g/mol. The number of alkyl halides is 3. The molecule has 1 aliphatic heterocycles. The summed E-state index contributed by atoms with van der Waals surface area (Å²) in [5.41, 5.74) is 0.402. The smallest absolute Gasteiger partial charge is 0.234 e. The first-order valence-corrected chi connectivity index (χ1v) is 11.7. The first kappa shape index (κ1) is 19.6. The number of pyridine rings is 1. The van der Waals surface area contributed by atoms with Crippen LogP contribution >= 0.6 is 11.3 Å². The molecule has 1 fully saturated rings. The van der Waals surface area contributed by atoms with Crippen LogP contribution in [-0.4, -0.2) is 50.1 Å². The summed E-state index contributed by atoms with van der Waals surface area (Å²) in [6.45, 7) is 1.99. The summed E-state index contributed by atoms with van der Waals surface area (Å²) >= 11 is 1.07. The van der Waals surface area contributed by atoms with E-state index in [0.717, 1.165) is 23.7 Å². The molecule has 0 N–H and O–H groups in total.